The highest BCUT2D eigenvalue weighted by Gasteiger charge is 2.12. The molecule has 10 heteroatoms. The molecular weight excluding hydrogens is 465 g/mol. The second-order valence-corrected chi connectivity index (χ2v) is 7.93. The van der Waals surface area contributed by atoms with E-state index in [9.17, 15) is 4.79 Å². The van der Waals surface area contributed by atoms with Crippen LogP contribution in [0.15, 0.2) is 67.1 Å². The highest BCUT2D eigenvalue weighted by atomic mass is 35.5. The van der Waals surface area contributed by atoms with Gasteiger partial charge in [-0.15, -0.1) is 0 Å². The van der Waals surface area contributed by atoms with Crippen molar-refractivity contribution >= 4 is 34.8 Å². The van der Waals surface area contributed by atoms with Crippen molar-refractivity contribution < 1.29 is 14.3 Å². The van der Waals surface area contributed by atoms with E-state index in [1.54, 1.807) is 47.5 Å². The topological polar surface area (TPSA) is 83.2 Å². The molecule has 0 aliphatic heterocycles. The molecule has 2 aromatic heterocycles. The van der Waals surface area contributed by atoms with Gasteiger partial charge in [0.2, 0.25) is 0 Å². The number of hydrogen-bond acceptors (Lipinski definition) is 5. The second-order valence-electron chi connectivity index (χ2n) is 7.08. The largest absolute Gasteiger partial charge is 0.471 e. The standard InChI is InChI=1S/C23H21Cl2N5O3/c1-2-16-3-6-19(7-4-16)32-15-30-13-18(12-26-30)27-23(31)21-9-10-29(28-21)14-33-22-8-5-17(24)11-20(22)25/h3-13H,2,14-15H2,1H3,(H,27,31). The minimum atomic E-state index is -0.367. The van der Waals surface area contributed by atoms with Gasteiger partial charge in [-0.25, -0.2) is 9.36 Å². The maximum atomic E-state index is 12.5. The van der Waals surface area contributed by atoms with Crippen LogP contribution < -0.4 is 14.8 Å². The Kier molecular flexibility index (Phi) is 7.16. The van der Waals surface area contributed by atoms with Gasteiger partial charge in [0, 0.05) is 11.2 Å². The lowest BCUT2D eigenvalue weighted by molar-refractivity contribution is 0.102. The summed E-state index contributed by atoms with van der Waals surface area (Å²) in [6.45, 7) is 2.41. The van der Waals surface area contributed by atoms with Gasteiger partial charge in [-0.2, -0.15) is 10.2 Å². The lowest BCUT2D eigenvalue weighted by Gasteiger charge is -2.08. The lowest BCUT2D eigenvalue weighted by Crippen LogP contribution is -2.14. The average Bonchev–Trinajstić information content (AvgIpc) is 3.47. The third kappa shape index (κ3) is 6.06. The third-order valence-corrected chi connectivity index (χ3v) is 5.24. The van der Waals surface area contributed by atoms with Gasteiger partial charge in [0.1, 0.15) is 11.5 Å². The first kappa shape index (κ1) is 22.7. The number of hydrogen-bond donors (Lipinski definition) is 1. The molecule has 33 heavy (non-hydrogen) atoms. The lowest BCUT2D eigenvalue weighted by atomic mass is 10.2. The molecule has 0 aliphatic carbocycles. The fraction of sp³-hybridized carbons (Fsp3) is 0.174. The quantitative estimate of drug-likeness (QED) is 0.348. The fourth-order valence-electron chi connectivity index (χ4n) is 2.94. The van der Waals surface area contributed by atoms with Crippen LogP contribution in [0.2, 0.25) is 10.0 Å². The third-order valence-electron chi connectivity index (χ3n) is 4.71. The van der Waals surface area contributed by atoms with Gasteiger partial charge >= 0.3 is 0 Å². The molecule has 0 saturated heterocycles. The zero-order chi connectivity index (χ0) is 23.2. The Hall–Kier alpha value is -3.49. The van der Waals surface area contributed by atoms with Crippen LogP contribution in [0.3, 0.4) is 0 Å². The van der Waals surface area contributed by atoms with Gasteiger partial charge in [0.25, 0.3) is 5.91 Å². The van der Waals surface area contributed by atoms with Crippen molar-refractivity contribution in [2.45, 2.75) is 26.8 Å². The Morgan fingerprint density at radius 3 is 2.58 bits per heavy atom. The summed E-state index contributed by atoms with van der Waals surface area (Å²) in [6, 6.07) is 14.4. The smallest absolute Gasteiger partial charge is 0.276 e. The highest BCUT2D eigenvalue weighted by molar-refractivity contribution is 6.35. The van der Waals surface area contributed by atoms with E-state index in [0.29, 0.717) is 21.5 Å². The van der Waals surface area contributed by atoms with Crippen LogP contribution in [0.4, 0.5) is 5.69 Å². The Morgan fingerprint density at radius 2 is 1.82 bits per heavy atom. The minimum absolute atomic E-state index is 0.0864. The molecular formula is C23H21Cl2N5O3. The van der Waals surface area contributed by atoms with Crippen molar-refractivity contribution in [1.82, 2.24) is 19.6 Å². The monoisotopic (exact) mass is 485 g/mol. The van der Waals surface area contributed by atoms with E-state index in [0.717, 1.165) is 12.2 Å². The van der Waals surface area contributed by atoms with E-state index in [4.69, 9.17) is 32.7 Å². The number of nitrogens with one attached hydrogen (secondary N) is 1. The van der Waals surface area contributed by atoms with Crippen molar-refractivity contribution in [3.05, 3.63) is 88.4 Å². The predicted molar refractivity (Wildman–Crippen MR) is 126 cm³/mol. The summed E-state index contributed by atoms with van der Waals surface area (Å²) in [5.74, 6) is 0.855. The van der Waals surface area contributed by atoms with Crippen LogP contribution in [-0.4, -0.2) is 25.5 Å². The number of carbonyl (C=O) groups excluding carboxylic acids is 1. The number of ether oxygens (including phenoxy) is 2. The van der Waals surface area contributed by atoms with Crippen molar-refractivity contribution in [3.8, 4) is 11.5 Å². The van der Waals surface area contributed by atoms with Crippen LogP contribution in [0.1, 0.15) is 23.0 Å². The highest BCUT2D eigenvalue weighted by Crippen LogP contribution is 2.27. The maximum Gasteiger partial charge on any atom is 0.276 e. The number of halogens is 2. The van der Waals surface area contributed by atoms with Crippen LogP contribution >= 0.6 is 23.2 Å². The fourth-order valence-corrected chi connectivity index (χ4v) is 3.40. The van der Waals surface area contributed by atoms with E-state index in [1.807, 2.05) is 24.3 Å². The number of carbonyl (C=O) groups is 1. The molecule has 0 unspecified atom stereocenters. The maximum absolute atomic E-state index is 12.5. The van der Waals surface area contributed by atoms with Crippen LogP contribution in [0.5, 0.6) is 11.5 Å². The molecule has 8 nitrogen and oxygen atoms in total. The van der Waals surface area contributed by atoms with E-state index in [2.05, 4.69) is 22.4 Å². The first-order valence-electron chi connectivity index (χ1n) is 10.2. The van der Waals surface area contributed by atoms with Gasteiger partial charge < -0.3 is 14.8 Å². The Balaban J connectivity index is 1.28. The van der Waals surface area contributed by atoms with E-state index >= 15 is 0 Å². The molecule has 170 valence electrons. The molecule has 0 radical (unpaired) electrons. The number of aryl methyl sites for hydroxylation is 1. The van der Waals surface area contributed by atoms with Crippen molar-refractivity contribution in [1.29, 1.82) is 0 Å². The molecule has 4 aromatic rings. The number of nitrogens with zero attached hydrogens (tertiary/aromatic N) is 4. The number of aromatic nitrogens is 4. The summed E-state index contributed by atoms with van der Waals surface area (Å²) < 4.78 is 14.4. The minimum Gasteiger partial charge on any atom is -0.471 e. The summed E-state index contributed by atoms with van der Waals surface area (Å²) in [5, 5.41) is 12.1. The number of amides is 1. The Labute approximate surface area is 200 Å². The van der Waals surface area contributed by atoms with Crippen LogP contribution in [0.25, 0.3) is 0 Å². The first-order chi connectivity index (χ1) is 16.0. The van der Waals surface area contributed by atoms with Gasteiger partial charge in [-0.1, -0.05) is 42.3 Å². The molecule has 1 N–H and O–H groups in total. The zero-order valence-electron chi connectivity index (χ0n) is 17.7. The molecule has 4 rings (SSSR count). The Morgan fingerprint density at radius 1 is 1.03 bits per heavy atom. The van der Waals surface area contributed by atoms with Gasteiger partial charge in [-0.05, 0) is 48.4 Å². The van der Waals surface area contributed by atoms with E-state index in [-0.39, 0.29) is 25.1 Å². The average molecular weight is 486 g/mol. The molecule has 2 heterocycles. The molecule has 0 bridgehead atoms. The number of benzene rings is 2. The van der Waals surface area contributed by atoms with Crippen molar-refractivity contribution in [3.63, 3.8) is 0 Å². The van der Waals surface area contributed by atoms with E-state index < -0.39 is 0 Å². The van der Waals surface area contributed by atoms with Crippen LogP contribution in [-0.2, 0) is 19.9 Å². The summed E-state index contributed by atoms with van der Waals surface area (Å²) in [6.07, 6.45) is 5.84. The van der Waals surface area contributed by atoms with E-state index in [1.165, 1.54) is 10.2 Å². The summed E-state index contributed by atoms with van der Waals surface area (Å²) in [4.78, 5) is 12.5. The molecule has 0 aliphatic rings. The summed E-state index contributed by atoms with van der Waals surface area (Å²) in [7, 11) is 0. The molecule has 0 spiro atoms. The van der Waals surface area contributed by atoms with Gasteiger partial charge in [0.15, 0.2) is 19.2 Å². The molecule has 0 saturated carbocycles. The summed E-state index contributed by atoms with van der Waals surface area (Å²) in [5.41, 5.74) is 2.01. The molecule has 1 amide bonds. The Bertz CT molecular complexity index is 1240. The summed E-state index contributed by atoms with van der Waals surface area (Å²) >= 11 is 12.0. The SMILES string of the molecule is CCc1ccc(OCn2cc(NC(=O)c3ccn(COc4ccc(Cl)cc4Cl)n3)cn2)cc1. The molecule has 0 atom stereocenters. The molecule has 2 aromatic carbocycles. The number of anilines is 1. The first-order valence-corrected chi connectivity index (χ1v) is 10.9. The van der Waals surface area contributed by atoms with Gasteiger partial charge in [-0.3, -0.25) is 4.79 Å². The van der Waals surface area contributed by atoms with Crippen molar-refractivity contribution in [2.24, 2.45) is 0 Å². The normalized spacial score (nSPS) is 10.8. The van der Waals surface area contributed by atoms with Crippen LogP contribution in [0, 0.1) is 0 Å². The molecule has 0 fully saturated rings. The van der Waals surface area contributed by atoms with Crippen molar-refractivity contribution in [2.75, 3.05) is 5.32 Å². The second kappa shape index (κ2) is 10.4. The number of rotatable bonds is 9. The zero-order valence-corrected chi connectivity index (χ0v) is 19.3. The predicted octanol–water partition coefficient (Wildman–Crippen LogP) is 5.27. The van der Waals surface area contributed by atoms with Gasteiger partial charge in [0.05, 0.1) is 23.1 Å².